The van der Waals surface area contributed by atoms with Crippen LogP contribution in [0.4, 0.5) is 4.39 Å². The van der Waals surface area contributed by atoms with Crippen LogP contribution in [0.15, 0.2) is 64.2 Å². The number of unbranched alkanes of at least 4 members (excludes halogenated alkanes) is 5. The van der Waals surface area contributed by atoms with Gasteiger partial charge < -0.3 is 4.74 Å². The van der Waals surface area contributed by atoms with Crippen LogP contribution < -0.4 is 4.74 Å². The number of rotatable bonds is 14. The summed E-state index contributed by atoms with van der Waals surface area (Å²) in [7, 11) is 0. The van der Waals surface area contributed by atoms with Crippen LogP contribution in [0.3, 0.4) is 0 Å². The molecule has 0 radical (unpaired) electrons. The maximum absolute atomic E-state index is 13.7. The molecule has 238 valence electrons. The second-order valence-electron chi connectivity index (χ2n) is 11.4. The lowest BCUT2D eigenvalue weighted by atomic mass is 9.82. The number of carbonyl (C=O) groups excluding carboxylic acids is 1. The van der Waals surface area contributed by atoms with Gasteiger partial charge in [0.25, 0.3) is 0 Å². The van der Waals surface area contributed by atoms with Gasteiger partial charge in [-0.3, -0.25) is 4.79 Å². The number of hydrogen-bond acceptors (Lipinski definition) is 2. The van der Waals surface area contributed by atoms with Gasteiger partial charge in [0.15, 0.2) is 5.78 Å². The van der Waals surface area contributed by atoms with Crippen LogP contribution in [0.1, 0.15) is 126 Å². The number of hydrogen-bond donors (Lipinski definition) is 0. The molecule has 2 nitrogen and oxygen atoms in total. The van der Waals surface area contributed by atoms with Crippen molar-refractivity contribution in [2.45, 2.75) is 127 Å². The van der Waals surface area contributed by atoms with Crippen molar-refractivity contribution < 1.29 is 13.9 Å². The van der Waals surface area contributed by atoms with Gasteiger partial charge in [-0.1, -0.05) is 141 Å². The van der Waals surface area contributed by atoms with E-state index < -0.39 is 0 Å². The molecule has 0 saturated carbocycles. The van der Waals surface area contributed by atoms with Gasteiger partial charge in [0.05, 0.1) is 12.5 Å². The van der Waals surface area contributed by atoms with E-state index in [1.807, 2.05) is 25.2 Å². The minimum absolute atomic E-state index is 0.0150. The van der Waals surface area contributed by atoms with Crippen LogP contribution in [0, 0.1) is 23.6 Å². The Hall–Kier alpha value is -1.94. The van der Waals surface area contributed by atoms with Crippen molar-refractivity contribution >= 4 is 21.7 Å². The standard InChI is InChI=1S/C27H34BrFO2.C6H14.C5H12/c1-7-17(4)19(6)24(11-12-25(28)18(5)8-2)23(9-3)27(30)21-14-20-15-22(29)10-13-26(20)31-16-21;1-3-5-6-4-2;1-3-5-4-2/h9-13,15,17-18,21H,6-8,14,16H2,1-5H3;3-6H2,1-2H3;3-5H2,1-2H3/b23-9+,24-11+,25-12+;;. The molecule has 4 heteroatoms. The number of carbonyl (C=O) groups is 1. The summed E-state index contributed by atoms with van der Waals surface area (Å²) in [6, 6.07) is 4.48. The third kappa shape index (κ3) is 14.5. The Balaban J connectivity index is 0.00000129. The fourth-order valence-corrected chi connectivity index (χ4v) is 4.90. The zero-order valence-corrected chi connectivity index (χ0v) is 29.8. The van der Waals surface area contributed by atoms with Crippen LogP contribution in [-0.4, -0.2) is 12.4 Å². The third-order valence-corrected chi connectivity index (χ3v) is 8.90. The molecular formula is C38H60BrFO2. The van der Waals surface area contributed by atoms with Crippen LogP contribution in [0.25, 0.3) is 0 Å². The monoisotopic (exact) mass is 646 g/mol. The molecule has 1 aliphatic rings. The minimum atomic E-state index is -0.351. The van der Waals surface area contributed by atoms with E-state index >= 15 is 0 Å². The molecular weight excluding hydrogens is 587 g/mol. The minimum Gasteiger partial charge on any atom is -0.493 e. The van der Waals surface area contributed by atoms with Gasteiger partial charge >= 0.3 is 0 Å². The number of halogens is 2. The molecule has 0 aliphatic carbocycles. The first-order valence-corrected chi connectivity index (χ1v) is 17.2. The summed E-state index contributed by atoms with van der Waals surface area (Å²) in [6.07, 6.45) is 18.0. The smallest absolute Gasteiger partial charge is 0.169 e. The molecule has 0 N–H and O–H groups in total. The van der Waals surface area contributed by atoms with E-state index in [1.54, 1.807) is 6.07 Å². The predicted molar refractivity (Wildman–Crippen MR) is 186 cm³/mol. The summed E-state index contributed by atoms with van der Waals surface area (Å²) in [4.78, 5) is 13.6. The first-order valence-electron chi connectivity index (χ1n) is 16.4. The summed E-state index contributed by atoms with van der Waals surface area (Å²) in [5.74, 6) is 0.663. The number of fused-ring (bicyclic) bond motifs is 1. The Morgan fingerprint density at radius 2 is 1.52 bits per heavy atom. The molecule has 0 spiro atoms. The second kappa shape index (κ2) is 23.5. The number of benzene rings is 1. The SMILES string of the molecule is C=C(C(=C\C=C(\Br)C(C)CC)/C(=C\C)C(=O)C1COc2ccc(F)cc2C1)C(C)CC.CCCCC.CCCCCC. The molecule has 42 heavy (non-hydrogen) atoms. The largest absolute Gasteiger partial charge is 0.493 e. The van der Waals surface area contributed by atoms with E-state index in [4.69, 9.17) is 4.74 Å². The Kier molecular flexibility index (Phi) is 22.4. The molecule has 1 aromatic rings. The zero-order chi connectivity index (χ0) is 32.1. The summed E-state index contributed by atoms with van der Waals surface area (Å²) >= 11 is 3.67. The van der Waals surface area contributed by atoms with Crippen molar-refractivity contribution in [3.63, 3.8) is 0 Å². The van der Waals surface area contributed by atoms with Gasteiger partial charge in [-0.25, -0.2) is 4.39 Å². The third-order valence-electron chi connectivity index (χ3n) is 7.85. The second-order valence-corrected chi connectivity index (χ2v) is 12.3. The molecule has 2 rings (SSSR count). The lowest BCUT2D eigenvalue weighted by molar-refractivity contribution is -0.120. The van der Waals surface area contributed by atoms with E-state index in [0.29, 0.717) is 30.3 Å². The maximum atomic E-state index is 13.7. The van der Waals surface area contributed by atoms with E-state index in [-0.39, 0.29) is 23.4 Å². The zero-order valence-electron chi connectivity index (χ0n) is 28.3. The number of ketones is 1. The van der Waals surface area contributed by atoms with Crippen molar-refractivity contribution in [2.24, 2.45) is 17.8 Å². The van der Waals surface area contributed by atoms with Gasteiger partial charge in [0, 0.05) is 5.57 Å². The van der Waals surface area contributed by atoms with Crippen molar-refractivity contribution in [3.05, 3.63) is 75.6 Å². The van der Waals surface area contributed by atoms with Gasteiger partial charge in [-0.15, -0.1) is 0 Å². The van der Waals surface area contributed by atoms with Crippen molar-refractivity contribution in [1.29, 1.82) is 0 Å². The molecule has 0 bridgehead atoms. The summed E-state index contributed by atoms with van der Waals surface area (Å²) in [5.41, 5.74) is 3.21. The quantitative estimate of drug-likeness (QED) is 0.114. The first-order chi connectivity index (χ1) is 20.1. The van der Waals surface area contributed by atoms with Gasteiger partial charge in [-0.05, 0) is 77.4 Å². The van der Waals surface area contributed by atoms with E-state index in [0.717, 1.165) is 34.0 Å². The fourth-order valence-electron chi connectivity index (χ4n) is 4.44. The normalized spacial score (nSPS) is 16.5. The topological polar surface area (TPSA) is 26.3 Å². The van der Waals surface area contributed by atoms with Crippen LogP contribution >= 0.6 is 15.9 Å². The average molecular weight is 648 g/mol. The average Bonchev–Trinajstić information content (AvgIpc) is 3.00. The number of Topliss-reactive ketones (excluding diaryl/α,β-unsaturated/α-hetero) is 1. The summed E-state index contributed by atoms with van der Waals surface area (Å²) < 4.78 is 20.6. The molecule has 3 atom stereocenters. The molecule has 0 aromatic heterocycles. The van der Waals surface area contributed by atoms with E-state index in [2.05, 4.69) is 77.9 Å². The molecule has 0 fully saturated rings. The van der Waals surface area contributed by atoms with Gasteiger partial charge in [0.2, 0.25) is 0 Å². The highest BCUT2D eigenvalue weighted by atomic mass is 79.9. The summed E-state index contributed by atoms with van der Waals surface area (Å²) in [6.45, 7) is 24.0. The van der Waals surface area contributed by atoms with Crippen molar-refractivity contribution in [2.75, 3.05) is 6.61 Å². The number of allylic oxidation sites excluding steroid dienone is 7. The highest BCUT2D eigenvalue weighted by Crippen LogP contribution is 2.34. The molecule has 0 amide bonds. The first kappa shape index (κ1) is 40.1. The molecule has 3 unspecified atom stereocenters. The van der Waals surface area contributed by atoms with Crippen LogP contribution in [0.5, 0.6) is 5.75 Å². The van der Waals surface area contributed by atoms with E-state index in [1.165, 1.54) is 57.1 Å². The Morgan fingerprint density at radius 3 is 2.00 bits per heavy atom. The summed E-state index contributed by atoms with van der Waals surface area (Å²) in [5, 5.41) is 0. The van der Waals surface area contributed by atoms with Crippen LogP contribution in [0.2, 0.25) is 0 Å². The van der Waals surface area contributed by atoms with Gasteiger partial charge in [-0.2, -0.15) is 0 Å². The lowest BCUT2D eigenvalue weighted by Crippen LogP contribution is -2.30. The fraction of sp³-hybridized carbons (Fsp3) is 0.605. The predicted octanol–water partition coefficient (Wildman–Crippen LogP) is 12.5. The molecule has 1 heterocycles. The molecule has 1 aliphatic heterocycles. The van der Waals surface area contributed by atoms with Gasteiger partial charge in [0.1, 0.15) is 11.6 Å². The molecule has 0 saturated heterocycles. The van der Waals surface area contributed by atoms with Crippen molar-refractivity contribution in [1.82, 2.24) is 0 Å². The number of ether oxygens (including phenoxy) is 1. The van der Waals surface area contributed by atoms with Crippen LogP contribution in [-0.2, 0) is 11.2 Å². The Morgan fingerprint density at radius 1 is 0.952 bits per heavy atom. The highest BCUT2D eigenvalue weighted by molar-refractivity contribution is 9.11. The maximum Gasteiger partial charge on any atom is 0.169 e. The lowest BCUT2D eigenvalue weighted by Gasteiger charge is -2.27. The Labute approximate surface area is 267 Å². The van der Waals surface area contributed by atoms with E-state index in [9.17, 15) is 9.18 Å². The Bertz CT molecular complexity index is 1010. The molecule has 1 aromatic carbocycles. The van der Waals surface area contributed by atoms with Crippen molar-refractivity contribution in [3.8, 4) is 5.75 Å². The highest BCUT2D eigenvalue weighted by Gasteiger charge is 2.30.